The highest BCUT2D eigenvalue weighted by molar-refractivity contribution is 5.63. The molecule has 156 valence electrons. The number of nitro benzene ring substituents is 1. The SMILES string of the molecule is CC(C)[C@H](CO)Nc1nc(NCc2ccc([N+](=O)[O-])cc2)cc(-c2cccnc2)n1. The molecule has 0 aliphatic rings. The molecule has 0 aliphatic carbocycles. The second-order valence-corrected chi connectivity index (χ2v) is 7.16. The molecule has 0 unspecified atom stereocenters. The lowest BCUT2D eigenvalue weighted by atomic mass is 10.1. The van der Waals surface area contributed by atoms with Crippen LogP contribution in [0.25, 0.3) is 11.3 Å². The molecule has 0 fully saturated rings. The van der Waals surface area contributed by atoms with Crippen LogP contribution in [0.5, 0.6) is 0 Å². The van der Waals surface area contributed by atoms with Gasteiger partial charge >= 0.3 is 0 Å². The number of rotatable bonds is 9. The predicted molar refractivity (Wildman–Crippen MR) is 115 cm³/mol. The molecule has 0 radical (unpaired) electrons. The van der Waals surface area contributed by atoms with Crippen LogP contribution in [-0.4, -0.2) is 37.6 Å². The Morgan fingerprint density at radius 2 is 1.93 bits per heavy atom. The van der Waals surface area contributed by atoms with Crippen LogP contribution in [0.4, 0.5) is 17.5 Å². The molecule has 0 bridgehead atoms. The molecule has 1 aromatic carbocycles. The van der Waals surface area contributed by atoms with Gasteiger partial charge in [-0.2, -0.15) is 4.98 Å². The standard InChI is InChI=1S/C21H24N6O3/c1-14(2)19(13-28)25-21-24-18(16-4-3-9-22-12-16)10-20(26-21)23-11-15-5-7-17(8-6-15)27(29)30/h3-10,12,14,19,28H,11,13H2,1-2H3,(H2,23,24,25,26)/t19-/m0/s1. The van der Waals surface area contributed by atoms with E-state index in [-0.39, 0.29) is 24.3 Å². The minimum absolute atomic E-state index is 0.0380. The number of aliphatic hydroxyl groups excluding tert-OH is 1. The van der Waals surface area contributed by atoms with Crippen molar-refractivity contribution in [3.05, 3.63) is 70.5 Å². The number of nitrogens with one attached hydrogen (secondary N) is 2. The third-order valence-corrected chi connectivity index (χ3v) is 4.62. The summed E-state index contributed by atoms with van der Waals surface area (Å²) in [6.45, 7) is 4.41. The van der Waals surface area contributed by atoms with Gasteiger partial charge in [-0.05, 0) is 23.6 Å². The number of aliphatic hydroxyl groups is 1. The molecule has 2 aromatic heterocycles. The minimum Gasteiger partial charge on any atom is -0.394 e. The summed E-state index contributed by atoms with van der Waals surface area (Å²) in [5, 5.41) is 26.9. The van der Waals surface area contributed by atoms with Crippen molar-refractivity contribution in [2.75, 3.05) is 17.2 Å². The van der Waals surface area contributed by atoms with Crippen LogP contribution in [0, 0.1) is 16.0 Å². The van der Waals surface area contributed by atoms with E-state index in [0.717, 1.165) is 11.1 Å². The number of anilines is 2. The molecule has 1 atom stereocenters. The lowest BCUT2D eigenvalue weighted by Crippen LogP contribution is -2.30. The molecule has 0 amide bonds. The molecular formula is C21H24N6O3. The van der Waals surface area contributed by atoms with Gasteiger partial charge in [-0.1, -0.05) is 26.0 Å². The lowest BCUT2D eigenvalue weighted by molar-refractivity contribution is -0.384. The Morgan fingerprint density at radius 3 is 2.53 bits per heavy atom. The van der Waals surface area contributed by atoms with Gasteiger partial charge in [0, 0.05) is 42.7 Å². The van der Waals surface area contributed by atoms with Crippen LogP contribution in [-0.2, 0) is 6.54 Å². The summed E-state index contributed by atoms with van der Waals surface area (Å²) in [5.74, 6) is 1.18. The van der Waals surface area contributed by atoms with Crippen LogP contribution < -0.4 is 10.6 Å². The van der Waals surface area contributed by atoms with Gasteiger partial charge in [0.2, 0.25) is 5.95 Å². The molecule has 9 heteroatoms. The number of aromatic nitrogens is 3. The first kappa shape index (κ1) is 21.1. The summed E-state index contributed by atoms with van der Waals surface area (Å²) in [7, 11) is 0. The monoisotopic (exact) mass is 408 g/mol. The number of non-ortho nitro benzene ring substituents is 1. The van der Waals surface area contributed by atoms with Crippen molar-refractivity contribution in [1.29, 1.82) is 0 Å². The summed E-state index contributed by atoms with van der Waals surface area (Å²) in [6, 6.07) is 11.7. The second kappa shape index (κ2) is 9.75. The van der Waals surface area contributed by atoms with E-state index in [0.29, 0.717) is 24.0 Å². The van der Waals surface area contributed by atoms with Crippen molar-refractivity contribution < 1.29 is 10.0 Å². The summed E-state index contributed by atoms with van der Waals surface area (Å²) in [4.78, 5) is 23.6. The topological polar surface area (TPSA) is 126 Å². The zero-order valence-electron chi connectivity index (χ0n) is 16.8. The van der Waals surface area contributed by atoms with Crippen LogP contribution in [0.3, 0.4) is 0 Å². The molecule has 2 heterocycles. The highest BCUT2D eigenvalue weighted by Gasteiger charge is 2.15. The van der Waals surface area contributed by atoms with Gasteiger partial charge in [0.25, 0.3) is 5.69 Å². The normalized spacial score (nSPS) is 11.9. The average Bonchev–Trinajstić information content (AvgIpc) is 2.76. The largest absolute Gasteiger partial charge is 0.394 e. The highest BCUT2D eigenvalue weighted by Crippen LogP contribution is 2.22. The Kier molecular flexibility index (Phi) is 6.87. The molecule has 9 nitrogen and oxygen atoms in total. The van der Waals surface area contributed by atoms with Gasteiger partial charge in [0.15, 0.2) is 0 Å². The molecule has 30 heavy (non-hydrogen) atoms. The highest BCUT2D eigenvalue weighted by atomic mass is 16.6. The lowest BCUT2D eigenvalue weighted by Gasteiger charge is -2.20. The van der Waals surface area contributed by atoms with Gasteiger partial charge in [-0.25, -0.2) is 4.98 Å². The maximum Gasteiger partial charge on any atom is 0.269 e. The fourth-order valence-electron chi connectivity index (χ4n) is 2.78. The fourth-order valence-corrected chi connectivity index (χ4v) is 2.78. The first-order valence-corrected chi connectivity index (χ1v) is 9.60. The molecule has 3 rings (SSSR count). The van der Waals surface area contributed by atoms with E-state index in [1.54, 1.807) is 24.5 Å². The number of nitro groups is 1. The van der Waals surface area contributed by atoms with Crippen molar-refractivity contribution >= 4 is 17.5 Å². The maximum atomic E-state index is 10.8. The zero-order valence-corrected chi connectivity index (χ0v) is 16.8. The zero-order chi connectivity index (χ0) is 21.5. The van der Waals surface area contributed by atoms with Crippen LogP contribution >= 0.6 is 0 Å². The molecule has 0 saturated heterocycles. The Hall–Kier alpha value is -3.59. The second-order valence-electron chi connectivity index (χ2n) is 7.16. The smallest absolute Gasteiger partial charge is 0.269 e. The molecule has 0 saturated carbocycles. The van der Waals surface area contributed by atoms with Crippen molar-refractivity contribution in [3.8, 4) is 11.3 Å². The number of pyridine rings is 1. The van der Waals surface area contributed by atoms with E-state index in [1.807, 2.05) is 32.0 Å². The quantitative estimate of drug-likeness (QED) is 0.363. The van der Waals surface area contributed by atoms with Crippen molar-refractivity contribution in [1.82, 2.24) is 15.0 Å². The van der Waals surface area contributed by atoms with Gasteiger partial charge in [-0.15, -0.1) is 0 Å². The predicted octanol–water partition coefficient (Wildman–Crippen LogP) is 3.49. The summed E-state index contributed by atoms with van der Waals surface area (Å²) in [5.41, 5.74) is 2.46. The van der Waals surface area contributed by atoms with Crippen molar-refractivity contribution in [2.24, 2.45) is 5.92 Å². The van der Waals surface area contributed by atoms with E-state index in [1.165, 1.54) is 12.1 Å². The fraction of sp³-hybridized carbons (Fsp3) is 0.286. The van der Waals surface area contributed by atoms with Crippen molar-refractivity contribution in [2.45, 2.75) is 26.4 Å². The van der Waals surface area contributed by atoms with Gasteiger partial charge in [0.1, 0.15) is 5.82 Å². The maximum absolute atomic E-state index is 10.8. The van der Waals surface area contributed by atoms with E-state index in [2.05, 4.69) is 25.6 Å². The Balaban J connectivity index is 1.84. The van der Waals surface area contributed by atoms with Gasteiger partial charge < -0.3 is 15.7 Å². The summed E-state index contributed by atoms with van der Waals surface area (Å²) >= 11 is 0. The number of hydrogen-bond acceptors (Lipinski definition) is 8. The Labute approximate surface area is 174 Å². The average molecular weight is 408 g/mol. The van der Waals surface area contributed by atoms with E-state index < -0.39 is 4.92 Å². The number of hydrogen-bond donors (Lipinski definition) is 3. The number of nitrogens with zero attached hydrogens (tertiary/aromatic N) is 4. The first-order chi connectivity index (χ1) is 14.5. The van der Waals surface area contributed by atoms with E-state index in [9.17, 15) is 15.2 Å². The van der Waals surface area contributed by atoms with Crippen LogP contribution in [0.1, 0.15) is 19.4 Å². The minimum atomic E-state index is -0.425. The Bertz CT molecular complexity index is 980. The molecule has 3 aromatic rings. The first-order valence-electron chi connectivity index (χ1n) is 9.60. The van der Waals surface area contributed by atoms with Crippen LogP contribution in [0.2, 0.25) is 0 Å². The number of benzene rings is 1. The van der Waals surface area contributed by atoms with Gasteiger partial charge in [0.05, 0.1) is 23.3 Å². The molecular weight excluding hydrogens is 384 g/mol. The molecule has 0 spiro atoms. The van der Waals surface area contributed by atoms with E-state index >= 15 is 0 Å². The molecule has 0 aliphatic heterocycles. The van der Waals surface area contributed by atoms with Crippen LogP contribution in [0.15, 0.2) is 54.9 Å². The third kappa shape index (κ3) is 5.48. The van der Waals surface area contributed by atoms with Gasteiger partial charge in [-0.3, -0.25) is 15.1 Å². The Morgan fingerprint density at radius 1 is 1.17 bits per heavy atom. The molecule has 3 N–H and O–H groups in total. The van der Waals surface area contributed by atoms with Crippen molar-refractivity contribution in [3.63, 3.8) is 0 Å². The van der Waals surface area contributed by atoms with E-state index in [4.69, 9.17) is 0 Å². The third-order valence-electron chi connectivity index (χ3n) is 4.62. The summed E-state index contributed by atoms with van der Waals surface area (Å²) in [6.07, 6.45) is 3.41. The summed E-state index contributed by atoms with van der Waals surface area (Å²) < 4.78 is 0.